The van der Waals surface area contributed by atoms with Gasteiger partial charge in [0.15, 0.2) is 0 Å². The first-order valence-electron chi connectivity index (χ1n) is 6.99. The Morgan fingerprint density at radius 1 is 1.40 bits per heavy atom. The lowest BCUT2D eigenvalue weighted by atomic mass is 10.1. The fourth-order valence-corrected chi connectivity index (χ4v) is 2.12. The molecule has 4 nitrogen and oxygen atoms in total. The lowest BCUT2D eigenvalue weighted by Crippen LogP contribution is -2.27. The van der Waals surface area contributed by atoms with E-state index in [1.165, 1.54) is 5.56 Å². The van der Waals surface area contributed by atoms with Crippen molar-refractivity contribution in [1.82, 2.24) is 10.6 Å². The average Bonchev–Trinajstić information content (AvgIpc) is 2.46. The van der Waals surface area contributed by atoms with Gasteiger partial charge < -0.3 is 15.5 Å². The molecule has 0 radical (unpaired) electrons. The summed E-state index contributed by atoms with van der Waals surface area (Å²) in [7, 11) is 3.64. The van der Waals surface area contributed by atoms with Gasteiger partial charge in [0.1, 0.15) is 0 Å². The third kappa shape index (κ3) is 5.39. The number of nitrogens with one attached hydrogen (secondary N) is 2. The largest absolute Gasteiger partial charge is 0.374 e. The highest BCUT2D eigenvalue weighted by Gasteiger charge is 2.09. The third-order valence-electron chi connectivity index (χ3n) is 3.15. The van der Waals surface area contributed by atoms with Gasteiger partial charge in [-0.25, -0.2) is 0 Å². The van der Waals surface area contributed by atoms with E-state index < -0.39 is 0 Å². The first-order chi connectivity index (χ1) is 9.58. The lowest BCUT2D eigenvalue weighted by Gasteiger charge is -2.23. The Morgan fingerprint density at radius 2 is 2.15 bits per heavy atom. The standard InChI is InChI=1S/C15H24ClN3O/c1-4-8-18-11-12-5-6-13(16)10-14(12)19(3)9-7-15(20)17-2/h5-6,10,18H,4,7-9,11H2,1-3H3,(H,17,20). The molecule has 0 aliphatic heterocycles. The molecule has 1 aromatic carbocycles. The van der Waals surface area contributed by atoms with Crippen LogP contribution in [0.15, 0.2) is 18.2 Å². The van der Waals surface area contributed by atoms with Crippen LogP contribution in [0.25, 0.3) is 0 Å². The predicted octanol–water partition coefficient (Wildman–Crippen LogP) is 2.41. The molecule has 0 aliphatic carbocycles. The number of nitrogens with zero attached hydrogens (tertiary/aromatic N) is 1. The maximum Gasteiger partial charge on any atom is 0.221 e. The average molecular weight is 298 g/mol. The Hall–Kier alpha value is -1.26. The Bertz CT molecular complexity index is 437. The molecule has 0 saturated heterocycles. The van der Waals surface area contributed by atoms with Crippen LogP contribution in [-0.2, 0) is 11.3 Å². The minimum Gasteiger partial charge on any atom is -0.374 e. The van der Waals surface area contributed by atoms with Gasteiger partial charge in [-0.05, 0) is 30.7 Å². The molecule has 0 atom stereocenters. The van der Waals surface area contributed by atoms with Crippen molar-refractivity contribution in [1.29, 1.82) is 0 Å². The molecule has 112 valence electrons. The van der Waals surface area contributed by atoms with Gasteiger partial charge in [-0.1, -0.05) is 24.6 Å². The monoisotopic (exact) mass is 297 g/mol. The van der Waals surface area contributed by atoms with Gasteiger partial charge in [-0.2, -0.15) is 0 Å². The van der Waals surface area contributed by atoms with Crippen LogP contribution in [0, 0.1) is 0 Å². The second-order valence-electron chi connectivity index (χ2n) is 4.79. The summed E-state index contributed by atoms with van der Waals surface area (Å²) in [6.45, 7) is 4.61. The molecule has 0 aromatic heterocycles. The van der Waals surface area contributed by atoms with E-state index in [9.17, 15) is 4.79 Å². The van der Waals surface area contributed by atoms with Crippen LogP contribution in [0.5, 0.6) is 0 Å². The van der Waals surface area contributed by atoms with Crippen molar-refractivity contribution >= 4 is 23.2 Å². The number of anilines is 1. The molecular weight excluding hydrogens is 274 g/mol. The van der Waals surface area contributed by atoms with E-state index >= 15 is 0 Å². The lowest BCUT2D eigenvalue weighted by molar-refractivity contribution is -0.120. The topological polar surface area (TPSA) is 44.4 Å². The maximum atomic E-state index is 11.3. The minimum atomic E-state index is 0.0459. The van der Waals surface area contributed by atoms with E-state index in [4.69, 9.17) is 11.6 Å². The molecule has 0 saturated carbocycles. The second kappa shape index (κ2) is 8.82. The Labute approximate surface area is 126 Å². The summed E-state index contributed by atoms with van der Waals surface area (Å²) < 4.78 is 0. The maximum absolute atomic E-state index is 11.3. The fourth-order valence-electron chi connectivity index (χ4n) is 1.96. The summed E-state index contributed by atoms with van der Waals surface area (Å²) in [6.07, 6.45) is 1.58. The van der Waals surface area contributed by atoms with Crippen LogP contribution in [0.2, 0.25) is 5.02 Å². The zero-order chi connectivity index (χ0) is 15.0. The SMILES string of the molecule is CCCNCc1ccc(Cl)cc1N(C)CCC(=O)NC. The highest BCUT2D eigenvalue weighted by Crippen LogP contribution is 2.24. The zero-order valence-electron chi connectivity index (χ0n) is 12.5. The van der Waals surface area contributed by atoms with Crippen LogP contribution in [-0.4, -0.2) is 33.1 Å². The predicted molar refractivity (Wildman–Crippen MR) is 85.4 cm³/mol. The molecule has 20 heavy (non-hydrogen) atoms. The quantitative estimate of drug-likeness (QED) is 0.724. The number of hydrogen-bond donors (Lipinski definition) is 2. The second-order valence-corrected chi connectivity index (χ2v) is 5.23. The van der Waals surface area contributed by atoms with Crippen molar-refractivity contribution in [2.24, 2.45) is 0 Å². The van der Waals surface area contributed by atoms with Crippen LogP contribution < -0.4 is 15.5 Å². The van der Waals surface area contributed by atoms with Gasteiger partial charge in [0.25, 0.3) is 0 Å². The molecule has 5 heteroatoms. The fraction of sp³-hybridized carbons (Fsp3) is 0.533. The smallest absolute Gasteiger partial charge is 0.221 e. The van der Waals surface area contributed by atoms with Crippen molar-refractivity contribution in [2.45, 2.75) is 26.3 Å². The van der Waals surface area contributed by atoms with Gasteiger partial charge in [0.05, 0.1) is 0 Å². The van der Waals surface area contributed by atoms with E-state index in [1.54, 1.807) is 7.05 Å². The van der Waals surface area contributed by atoms with Crippen molar-refractivity contribution in [3.05, 3.63) is 28.8 Å². The van der Waals surface area contributed by atoms with Crippen LogP contribution in [0.4, 0.5) is 5.69 Å². The van der Waals surface area contributed by atoms with Gasteiger partial charge in [0, 0.05) is 44.3 Å². The van der Waals surface area contributed by atoms with Crippen LogP contribution in [0.1, 0.15) is 25.3 Å². The molecule has 1 rings (SSSR count). The molecule has 0 heterocycles. The minimum absolute atomic E-state index is 0.0459. The van der Waals surface area contributed by atoms with E-state index in [1.807, 2.05) is 25.2 Å². The Morgan fingerprint density at radius 3 is 2.80 bits per heavy atom. The Balaban J connectivity index is 2.74. The van der Waals surface area contributed by atoms with Gasteiger partial charge in [-0.15, -0.1) is 0 Å². The molecule has 0 fully saturated rings. The zero-order valence-corrected chi connectivity index (χ0v) is 13.3. The van der Waals surface area contributed by atoms with Crippen molar-refractivity contribution in [3.8, 4) is 0 Å². The van der Waals surface area contributed by atoms with Gasteiger partial charge in [-0.3, -0.25) is 4.79 Å². The summed E-state index contributed by atoms with van der Waals surface area (Å²) in [4.78, 5) is 13.4. The molecule has 1 amide bonds. The van der Waals surface area contributed by atoms with Gasteiger partial charge >= 0.3 is 0 Å². The van der Waals surface area contributed by atoms with Crippen LogP contribution >= 0.6 is 11.6 Å². The van der Waals surface area contributed by atoms with E-state index in [2.05, 4.69) is 22.5 Å². The molecule has 0 unspecified atom stereocenters. The first kappa shape index (κ1) is 16.8. The number of hydrogen-bond acceptors (Lipinski definition) is 3. The summed E-state index contributed by atoms with van der Waals surface area (Å²) in [5.41, 5.74) is 2.27. The highest BCUT2D eigenvalue weighted by molar-refractivity contribution is 6.30. The number of carbonyl (C=O) groups excluding carboxylic acids is 1. The first-order valence-corrected chi connectivity index (χ1v) is 7.37. The molecule has 2 N–H and O–H groups in total. The number of amides is 1. The molecule has 0 bridgehead atoms. The van der Waals surface area contributed by atoms with Crippen LogP contribution in [0.3, 0.4) is 0 Å². The number of rotatable bonds is 8. The van der Waals surface area contributed by atoms with E-state index in [-0.39, 0.29) is 5.91 Å². The van der Waals surface area contributed by atoms with E-state index in [0.29, 0.717) is 18.0 Å². The summed E-state index contributed by atoms with van der Waals surface area (Å²) in [5, 5.41) is 6.74. The Kier molecular flexibility index (Phi) is 7.41. The van der Waals surface area contributed by atoms with Gasteiger partial charge in [0.2, 0.25) is 5.91 Å². The molecule has 0 aliphatic rings. The molecule has 0 spiro atoms. The third-order valence-corrected chi connectivity index (χ3v) is 3.39. The number of carbonyl (C=O) groups is 1. The van der Waals surface area contributed by atoms with E-state index in [0.717, 1.165) is 25.2 Å². The molecule has 1 aromatic rings. The highest BCUT2D eigenvalue weighted by atomic mass is 35.5. The van der Waals surface area contributed by atoms with Crippen molar-refractivity contribution in [2.75, 3.05) is 32.1 Å². The van der Waals surface area contributed by atoms with Crippen molar-refractivity contribution < 1.29 is 4.79 Å². The summed E-state index contributed by atoms with van der Waals surface area (Å²) >= 11 is 6.09. The number of halogens is 1. The van der Waals surface area contributed by atoms with Crippen molar-refractivity contribution in [3.63, 3.8) is 0 Å². The number of benzene rings is 1. The normalized spacial score (nSPS) is 10.4. The summed E-state index contributed by atoms with van der Waals surface area (Å²) in [6, 6.07) is 5.89. The summed E-state index contributed by atoms with van der Waals surface area (Å²) in [5.74, 6) is 0.0459. The molecular formula is C15H24ClN3O.